The van der Waals surface area contributed by atoms with Crippen LogP contribution in [-0.2, 0) is 4.79 Å². The molecule has 6 heteroatoms. The number of hydrogen-bond acceptors (Lipinski definition) is 5. The van der Waals surface area contributed by atoms with Crippen LogP contribution in [0.5, 0.6) is 0 Å². The van der Waals surface area contributed by atoms with Gasteiger partial charge in [0.2, 0.25) is 11.8 Å². The van der Waals surface area contributed by atoms with E-state index in [1.54, 1.807) is 0 Å². The van der Waals surface area contributed by atoms with Crippen LogP contribution in [0, 0.1) is 23.7 Å². The third-order valence-electron chi connectivity index (χ3n) is 6.31. The third kappa shape index (κ3) is 3.15. The van der Waals surface area contributed by atoms with Crippen LogP contribution in [0.3, 0.4) is 0 Å². The quantitative estimate of drug-likeness (QED) is 0.813. The zero-order chi connectivity index (χ0) is 17.5. The van der Waals surface area contributed by atoms with Gasteiger partial charge >= 0.3 is 0 Å². The van der Waals surface area contributed by atoms with Crippen LogP contribution < -0.4 is 5.32 Å². The first-order chi connectivity index (χ1) is 12.7. The van der Waals surface area contributed by atoms with Gasteiger partial charge in [-0.1, -0.05) is 30.0 Å². The molecule has 4 saturated carbocycles. The van der Waals surface area contributed by atoms with Gasteiger partial charge in [-0.05, 0) is 67.9 Å². The molecule has 1 aromatic carbocycles. The van der Waals surface area contributed by atoms with Gasteiger partial charge < -0.3 is 9.73 Å². The summed E-state index contributed by atoms with van der Waals surface area (Å²) in [6, 6.07) is 10.1. The number of carbonyl (C=O) groups excluding carboxylic acids is 1. The van der Waals surface area contributed by atoms with Crippen LogP contribution in [0.4, 0.5) is 0 Å². The predicted octanol–water partition coefficient (Wildman–Crippen LogP) is 3.77. The first-order valence-corrected chi connectivity index (χ1v) is 10.5. The normalized spacial score (nSPS) is 31.9. The zero-order valence-electron chi connectivity index (χ0n) is 14.6. The highest BCUT2D eigenvalue weighted by Crippen LogP contribution is 2.53. The molecule has 136 valence electrons. The highest BCUT2D eigenvalue weighted by Gasteiger charge is 2.48. The molecule has 0 aliphatic heterocycles. The lowest BCUT2D eigenvalue weighted by molar-refractivity contribution is -0.122. The maximum absolute atomic E-state index is 12.5. The summed E-state index contributed by atoms with van der Waals surface area (Å²) in [4.78, 5) is 12.5. The van der Waals surface area contributed by atoms with Crippen LogP contribution in [0.2, 0.25) is 0 Å². The monoisotopic (exact) mass is 369 g/mol. The molecular formula is C20H23N3O2S. The summed E-state index contributed by atoms with van der Waals surface area (Å²) in [6.45, 7) is 0. The van der Waals surface area contributed by atoms with Crippen molar-refractivity contribution in [3.05, 3.63) is 30.3 Å². The highest BCUT2D eigenvalue weighted by molar-refractivity contribution is 7.99. The first-order valence-electron chi connectivity index (χ1n) is 9.55. The zero-order valence-corrected chi connectivity index (χ0v) is 15.5. The van der Waals surface area contributed by atoms with Crippen molar-refractivity contribution < 1.29 is 9.21 Å². The Balaban J connectivity index is 1.16. The van der Waals surface area contributed by atoms with Crippen molar-refractivity contribution >= 4 is 17.7 Å². The van der Waals surface area contributed by atoms with Crippen LogP contribution in [-0.4, -0.2) is 27.9 Å². The van der Waals surface area contributed by atoms with Crippen LogP contribution in [0.25, 0.3) is 11.5 Å². The Labute approximate surface area is 157 Å². The van der Waals surface area contributed by atoms with E-state index in [-0.39, 0.29) is 5.91 Å². The fourth-order valence-corrected chi connectivity index (χ4v) is 6.06. The number of carbonyl (C=O) groups is 1. The average molecular weight is 369 g/mol. The molecule has 1 N–H and O–H groups in total. The Morgan fingerprint density at radius 1 is 1.04 bits per heavy atom. The van der Waals surface area contributed by atoms with E-state index in [1.165, 1.54) is 43.9 Å². The summed E-state index contributed by atoms with van der Waals surface area (Å²) in [6.07, 6.45) is 6.69. The Bertz CT molecular complexity index is 763. The van der Waals surface area contributed by atoms with Crippen molar-refractivity contribution in [2.75, 3.05) is 5.75 Å². The number of benzene rings is 1. The summed E-state index contributed by atoms with van der Waals surface area (Å²) in [7, 11) is 0. The number of nitrogens with zero attached hydrogens (tertiary/aromatic N) is 2. The fourth-order valence-electron chi connectivity index (χ4n) is 5.48. The van der Waals surface area contributed by atoms with Gasteiger partial charge in [-0.2, -0.15) is 0 Å². The average Bonchev–Trinajstić information content (AvgIpc) is 3.12. The lowest BCUT2D eigenvalue weighted by atomic mass is 9.54. The van der Waals surface area contributed by atoms with E-state index in [2.05, 4.69) is 15.5 Å². The molecule has 0 saturated heterocycles. The molecule has 4 aliphatic rings. The van der Waals surface area contributed by atoms with Gasteiger partial charge in [0.1, 0.15) is 0 Å². The molecule has 1 aromatic heterocycles. The van der Waals surface area contributed by atoms with Crippen molar-refractivity contribution in [1.82, 2.24) is 15.5 Å². The summed E-state index contributed by atoms with van der Waals surface area (Å²) >= 11 is 1.32. The summed E-state index contributed by atoms with van der Waals surface area (Å²) in [5.74, 6) is 4.17. The number of thioether (sulfide) groups is 1. The SMILES string of the molecule is O=C(CSc1nnc(-c2ccccc2)o1)NC1C2CC3CC(C2)CC1C3. The molecule has 4 aliphatic carbocycles. The summed E-state index contributed by atoms with van der Waals surface area (Å²) < 4.78 is 5.67. The van der Waals surface area contributed by atoms with Gasteiger partial charge in [0.15, 0.2) is 0 Å². The van der Waals surface area contributed by atoms with E-state index in [0.29, 0.717) is 34.7 Å². The molecule has 1 amide bonds. The van der Waals surface area contributed by atoms with Gasteiger partial charge in [-0.15, -0.1) is 10.2 Å². The van der Waals surface area contributed by atoms with Crippen molar-refractivity contribution in [1.29, 1.82) is 0 Å². The van der Waals surface area contributed by atoms with Gasteiger partial charge in [0.05, 0.1) is 5.75 Å². The minimum absolute atomic E-state index is 0.0898. The van der Waals surface area contributed by atoms with Gasteiger partial charge in [0.25, 0.3) is 5.22 Å². The summed E-state index contributed by atoms with van der Waals surface area (Å²) in [5.41, 5.74) is 0.893. The fraction of sp³-hybridized carbons (Fsp3) is 0.550. The molecule has 26 heavy (non-hydrogen) atoms. The molecule has 5 nitrogen and oxygen atoms in total. The smallest absolute Gasteiger partial charge is 0.277 e. The van der Waals surface area contributed by atoms with E-state index < -0.39 is 0 Å². The van der Waals surface area contributed by atoms with Crippen molar-refractivity contribution in [2.24, 2.45) is 23.7 Å². The van der Waals surface area contributed by atoms with Crippen LogP contribution in [0.1, 0.15) is 32.1 Å². The van der Waals surface area contributed by atoms with E-state index in [0.717, 1.165) is 17.4 Å². The maximum Gasteiger partial charge on any atom is 0.277 e. The number of aromatic nitrogens is 2. The van der Waals surface area contributed by atoms with E-state index in [1.807, 2.05) is 30.3 Å². The first kappa shape index (κ1) is 16.4. The Morgan fingerprint density at radius 2 is 1.73 bits per heavy atom. The second-order valence-electron chi connectivity index (χ2n) is 8.05. The molecule has 0 radical (unpaired) electrons. The topological polar surface area (TPSA) is 68.0 Å². The largest absolute Gasteiger partial charge is 0.411 e. The molecule has 6 rings (SSSR count). The molecule has 1 heterocycles. The van der Waals surface area contributed by atoms with Gasteiger partial charge in [0, 0.05) is 11.6 Å². The minimum Gasteiger partial charge on any atom is -0.411 e. The Kier molecular flexibility index (Phi) is 4.23. The second kappa shape index (κ2) is 6.72. The van der Waals surface area contributed by atoms with E-state index >= 15 is 0 Å². The minimum atomic E-state index is 0.0898. The maximum atomic E-state index is 12.5. The van der Waals surface area contributed by atoms with Crippen molar-refractivity contribution in [3.8, 4) is 11.5 Å². The van der Waals surface area contributed by atoms with Crippen molar-refractivity contribution in [3.63, 3.8) is 0 Å². The lowest BCUT2D eigenvalue weighted by Gasteiger charge is -2.54. The number of nitrogens with one attached hydrogen (secondary N) is 1. The van der Waals surface area contributed by atoms with Crippen LogP contribution in [0.15, 0.2) is 40.0 Å². The molecule has 4 fully saturated rings. The molecule has 2 aromatic rings. The molecule has 0 unspecified atom stereocenters. The standard InChI is InChI=1S/C20H23N3O2S/c24-17(21-18-15-7-12-6-13(9-15)10-16(18)8-12)11-26-20-23-22-19(25-20)14-4-2-1-3-5-14/h1-5,12-13,15-16,18H,6-11H2,(H,21,24). The lowest BCUT2D eigenvalue weighted by Crippen LogP contribution is -2.56. The number of amides is 1. The number of hydrogen-bond donors (Lipinski definition) is 1. The third-order valence-corrected chi connectivity index (χ3v) is 7.13. The van der Waals surface area contributed by atoms with Crippen molar-refractivity contribution in [2.45, 2.75) is 43.4 Å². The highest BCUT2D eigenvalue weighted by atomic mass is 32.2. The molecule has 4 bridgehead atoms. The summed E-state index contributed by atoms with van der Waals surface area (Å²) in [5, 5.41) is 11.9. The predicted molar refractivity (Wildman–Crippen MR) is 99.4 cm³/mol. The molecule has 0 atom stereocenters. The molecular weight excluding hydrogens is 346 g/mol. The Morgan fingerprint density at radius 3 is 2.42 bits per heavy atom. The molecule has 0 spiro atoms. The number of rotatable bonds is 5. The Hall–Kier alpha value is -1.82. The van der Waals surface area contributed by atoms with Gasteiger partial charge in [-0.25, -0.2) is 0 Å². The van der Waals surface area contributed by atoms with E-state index in [4.69, 9.17) is 4.42 Å². The second-order valence-corrected chi connectivity index (χ2v) is 8.98. The van der Waals surface area contributed by atoms with Crippen LogP contribution >= 0.6 is 11.8 Å². The van der Waals surface area contributed by atoms with Gasteiger partial charge in [-0.3, -0.25) is 4.79 Å². The van der Waals surface area contributed by atoms with E-state index in [9.17, 15) is 4.79 Å².